The van der Waals surface area contributed by atoms with Gasteiger partial charge < -0.3 is 9.73 Å². The summed E-state index contributed by atoms with van der Waals surface area (Å²) in [6, 6.07) is 20.3. The predicted octanol–water partition coefficient (Wildman–Crippen LogP) is 4.00. The van der Waals surface area contributed by atoms with E-state index in [-0.39, 0.29) is 0 Å². The van der Waals surface area contributed by atoms with E-state index in [0.29, 0.717) is 0 Å². The molecule has 0 bridgehead atoms. The first kappa shape index (κ1) is 13.3. The molecule has 0 radical (unpaired) electrons. The van der Waals surface area contributed by atoms with Crippen LogP contribution in [0.4, 0.5) is 0 Å². The molecule has 3 heterocycles. The van der Waals surface area contributed by atoms with Gasteiger partial charge in [-0.15, -0.1) is 0 Å². The number of fused-ring (bicyclic) bond motifs is 2. The van der Waals surface area contributed by atoms with Gasteiger partial charge in [-0.25, -0.2) is 4.98 Å². The molecule has 2 aromatic heterocycles. The van der Waals surface area contributed by atoms with E-state index in [1.165, 1.54) is 0 Å². The maximum Gasteiger partial charge on any atom is 0.154 e. The van der Waals surface area contributed by atoms with E-state index in [0.717, 1.165) is 57.8 Å². The fraction of sp³-hybridized carbons (Fsp3) is 0.100. The molecule has 1 aliphatic heterocycles. The number of hydrogen-bond donors (Lipinski definition) is 1. The van der Waals surface area contributed by atoms with Crippen LogP contribution in [0.2, 0.25) is 0 Å². The van der Waals surface area contributed by atoms with Gasteiger partial charge in [0.2, 0.25) is 0 Å². The lowest BCUT2D eigenvalue weighted by Crippen LogP contribution is -2.20. The summed E-state index contributed by atoms with van der Waals surface area (Å²) in [6.45, 7) is 1.66. The minimum Gasteiger partial charge on any atom is -0.454 e. The van der Waals surface area contributed by atoms with E-state index in [1.54, 1.807) is 0 Å². The third-order valence-corrected chi connectivity index (χ3v) is 4.31. The second kappa shape index (κ2) is 5.20. The number of aliphatic imine (C=N–C) groups is 1. The fourth-order valence-corrected chi connectivity index (χ4v) is 3.16. The number of amidine groups is 1. The van der Waals surface area contributed by atoms with Crippen molar-refractivity contribution in [3.05, 3.63) is 66.2 Å². The molecule has 0 saturated heterocycles. The minimum absolute atomic E-state index is 0.772. The highest BCUT2D eigenvalue weighted by atomic mass is 16.3. The predicted molar refractivity (Wildman–Crippen MR) is 96.4 cm³/mol. The van der Waals surface area contributed by atoms with Crippen molar-refractivity contribution in [2.45, 2.75) is 0 Å². The van der Waals surface area contributed by atoms with Crippen LogP contribution in [0.5, 0.6) is 0 Å². The van der Waals surface area contributed by atoms with Crippen molar-refractivity contribution in [2.24, 2.45) is 4.99 Å². The Kier molecular flexibility index (Phi) is 2.88. The smallest absolute Gasteiger partial charge is 0.154 e. The van der Waals surface area contributed by atoms with Crippen molar-refractivity contribution in [1.29, 1.82) is 0 Å². The Morgan fingerprint density at radius 1 is 0.917 bits per heavy atom. The SMILES string of the molecule is c1ccc2nc(-c3cc4ccccc4o3)c(C3=NCCN3)cc2c1. The van der Waals surface area contributed by atoms with Gasteiger partial charge in [0.1, 0.15) is 17.1 Å². The zero-order valence-electron chi connectivity index (χ0n) is 13.0. The summed E-state index contributed by atoms with van der Waals surface area (Å²) in [5.74, 6) is 1.66. The number of nitrogens with one attached hydrogen (secondary N) is 1. The Morgan fingerprint density at radius 3 is 2.58 bits per heavy atom. The van der Waals surface area contributed by atoms with Crippen molar-refractivity contribution in [2.75, 3.05) is 13.1 Å². The quantitative estimate of drug-likeness (QED) is 0.608. The molecule has 0 spiro atoms. The highest BCUT2D eigenvalue weighted by Gasteiger charge is 2.19. The molecule has 116 valence electrons. The Morgan fingerprint density at radius 2 is 1.75 bits per heavy atom. The summed E-state index contributed by atoms with van der Waals surface area (Å²) < 4.78 is 6.06. The lowest BCUT2D eigenvalue weighted by molar-refractivity contribution is 0.629. The molecule has 2 aromatic carbocycles. The molecule has 4 nitrogen and oxygen atoms in total. The molecular formula is C20H15N3O. The summed E-state index contributed by atoms with van der Waals surface area (Å²) in [7, 11) is 0. The lowest BCUT2D eigenvalue weighted by Gasteiger charge is -2.09. The molecule has 5 rings (SSSR count). The molecule has 0 fully saturated rings. The summed E-state index contributed by atoms with van der Waals surface area (Å²) in [5.41, 5.74) is 3.65. The van der Waals surface area contributed by atoms with Gasteiger partial charge in [-0.3, -0.25) is 4.99 Å². The number of benzene rings is 2. The van der Waals surface area contributed by atoms with Crippen molar-refractivity contribution in [3.8, 4) is 11.5 Å². The van der Waals surface area contributed by atoms with Crippen LogP contribution < -0.4 is 5.32 Å². The molecule has 24 heavy (non-hydrogen) atoms. The van der Waals surface area contributed by atoms with Gasteiger partial charge in [0, 0.05) is 22.9 Å². The third kappa shape index (κ3) is 2.07. The number of furan rings is 1. The monoisotopic (exact) mass is 313 g/mol. The van der Waals surface area contributed by atoms with Crippen molar-refractivity contribution >= 4 is 27.7 Å². The number of aromatic nitrogens is 1. The van der Waals surface area contributed by atoms with Crippen molar-refractivity contribution < 1.29 is 4.42 Å². The van der Waals surface area contributed by atoms with Gasteiger partial charge in [-0.1, -0.05) is 36.4 Å². The molecule has 4 heteroatoms. The van der Waals surface area contributed by atoms with Crippen LogP contribution in [0.3, 0.4) is 0 Å². The number of pyridine rings is 1. The summed E-state index contributed by atoms with van der Waals surface area (Å²) in [5, 5.41) is 5.53. The Hall–Kier alpha value is -3.14. The topological polar surface area (TPSA) is 50.4 Å². The van der Waals surface area contributed by atoms with Crippen LogP contribution in [-0.2, 0) is 0 Å². The van der Waals surface area contributed by atoms with Gasteiger partial charge in [-0.05, 0) is 24.3 Å². The van der Waals surface area contributed by atoms with Crippen LogP contribution in [0.1, 0.15) is 5.56 Å². The molecular weight excluding hydrogens is 298 g/mol. The molecule has 0 unspecified atom stereocenters. The third-order valence-electron chi connectivity index (χ3n) is 4.31. The van der Waals surface area contributed by atoms with Gasteiger partial charge >= 0.3 is 0 Å². The molecule has 0 aliphatic carbocycles. The maximum atomic E-state index is 6.06. The van der Waals surface area contributed by atoms with Gasteiger partial charge in [0.15, 0.2) is 5.76 Å². The van der Waals surface area contributed by atoms with Crippen LogP contribution in [0.15, 0.2) is 70.1 Å². The van der Waals surface area contributed by atoms with Crippen LogP contribution in [0, 0.1) is 0 Å². The van der Waals surface area contributed by atoms with E-state index < -0.39 is 0 Å². The number of nitrogens with zero attached hydrogens (tertiary/aromatic N) is 2. The second-order valence-corrected chi connectivity index (χ2v) is 5.88. The molecule has 4 aromatic rings. The fourth-order valence-electron chi connectivity index (χ4n) is 3.16. The molecule has 0 saturated carbocycles. The zero-order chi connectivity index (χ0) is 15.9. The first-order valence-corrected chi connectivity index (χ1v) is 8.06. The molecule has 0 amide bonds. The van der Waals surface area contributed by atoms with E-state index in [9.17, 15) is 0 Å². The standard InChI is InChI=1S/C20H15N3O/c1-3-7-16-13(5-1)11-15(20-21-9-10-22-20)19(23-16)18-12-14-6-2-4-8-17(14)24-18/h1-8,11-12H,9-10H2,(H,21,22). The van der Waals surface area contributed by atoms with Gasteiger partial charge in [-0.2, -0.15) is 0 Å². The van der Waals surface area contributed by atoms with E-state index in [1.807, 2.05) is 48.5 Å². The normalized spacial score (nSPS) is 14.1. The first-order valence-electron chi connectivity index (χ1n) is 8.06. The molecule has 1 N–H and O–H groups in total. The summed E-state index contributed by atoms with van der Waals surface area (Å²) in [4.78, 5) is 9.45. The lowest BCUT2D eigenvalue weighted by atomic mass is 10.1. The molecule has 1 aliphatic rings. The van der Waals surface area contributed by atoms with Crippen LogP contribution in [-0.4, -0.2) is 23.9 Å². The number of para-hydroxylation sites is 2. The largest absolute Gasteiger partial charge is 0.454 e. The van der Waals surface area contributed by atoms with E-state index in [2.05, 4.69) is 22.4 Å². The van der Waals surface area contributed by atoms with E-state index >= 15 is 0 Å². The van der Waals surface area contributed by atoms with Crippen molar-refractivity contribution in [3.63, 3.8) is 0 Å². The highest BCUT2D eigenvalue weighted by molar-refractivity contribution is 6.07. The average Bonchev–Trinajstić information content (AvgIpc) is 3.30. The van der Waals surface area contributed by atoms with Gasteiger partial charge in [0.05, 0.1) is 12.1 Å². The van der Waals surface area contributed by atoms with Gasteiger partial charge in [0.25, 0.3) is 0 Å². The number of hydrogen-bond acceptors (Lipinski definition) is 4. The Labute approximate surface area is 138 Å². The summed E-state index contributed by atoms with van der Waals surface area (Å²) >= 11 is 0. The van der Waals surface area contributed by atoms with Crippen molar-refractivity contribution in [1.82, 2.24) is 10.3 Å². The highest BCUT2D eigenvalue weighted by Crippen LogP contribution is 2.31. The summed E-state index contributed by atoms with van der Waals surface area (Å²) in [6.07, 6.45) is 0. The number of rotatable bonds is 2. The maximum absolute atomic E-state index is 6.06. The van der Waals surface area contributed by atoms with Crippen LogP contribution >= 0.6 is 0 Å². The molecule has 0 atom stereocenters. The average molecular weight is 313 g/mol. The zero-order valence-corrected chi connectivity index (χ0v) is 13.0. The van der Waals surface area contributed by atoms with E-state index in [4.69, 9.17) is 9.40 Å². The van der Waals surface area contributed by atoms with Crippen LogP contribution in [0.25, 0.3) is 33.3 Å². The Bertz CT molecular complexity index is 1060. The Balaban J connectivity index is 1.80. The first-order chi connectivity index (χ1) is 11.9. The second-order valence-electron chi connectivity index (χ2n) is 5.88. The minimum atomic E-state index is 0.772.